The van der Waals surface area contributed by atoms with E-state index in [1.54, 1.807) is 31.4 Å². The van der Waals surface area contributed by atoms with Gasteiger partial charge in [0.15, 0.2) is 0 Å². The number of aromatic carboxylic acids is 1. The van der Waals surface area contributed by atoms with Crippen LogP contribution in [0.1, 0.15) is 20.0 Å². The second-order valence-electron chi connectivity index (χ2n) is 7.88. The van der Waals surface area contributed by atoms with Crippen LogP contribution in [0.5, 0.6) is 0 Å². The number of alkyl halides is 3. The zero-order valence-electron chi connectivity index (χ0n) is 20.3. The van der Waals surface area contributed by atoms with Gasteiger partial charge in [-0.15, -0.1) is 11.3 Å². The van der Waals surface area contributed by atoms with Crippen LogP contribution in [-0.2, 0) is 14.3 Å². The molecule has 1 aliphatic heterocycles. The smallest absolute Gasteiger partial charge is 0.478 e. The number of thiophene rings is 1. The fourth-order valence-electron chi connectivity index (χ4n) is 3.36. The Morgan fingerprint density at radius 3 is 2.26 bits per heavy atom. The number of carboxylic acid groups (broad SMARTS) is 2. The van der Waals surface area contributed by atoms with Gasteiger partial charge in [-0.25, -0.2) is 9.59 Å². The van der Waals surface area contributed by atoms with Gasteiger partial charge < -0.3 is 30.5 Å². The zero-order valence-corrected chi connectivity index (χ0v) is 21.1. The summed E-state index contributed by atoms with van der Waals surface area (Å²) in [6, 6.07) is 8.42. The summed E-state index contributed by atoms with van der Waals surface area (Å²) in [5.41, 5.74) is 1.17. The van der Waals surface area contributed by atoms with Crippen LogP contribution in [0.2, 0.25) is 0 Å². The summed E-state index contributed by atoms with van der Waals surface area (Å²) in [5, 5.41) is 24.2. The van der Waals surface area contributed by atoms with E-state index in [4.69, 9.17) is 14.6 Å². The van der Waals surface area contributed by atoms with Crippen molar-refractivity contribution in [2.75, 3.05) is 63.2 Å². The van der Waals surface area contributed by atoms with Crippen LogP contribution >= 0.6 is 11.3 Å². The van der Waals surface area contributed by atoms with Crippen molar-refractivity contribution in [2.24, 2.45) is 0 Å². The number of rotatable bonds is 9. The highest BCUT2D eigenvalue weighted by Gasteiger charge is 2.38. The van der Waals surface area contributed by atoms with E-state index >= 15 is 0 Å². The minimum atomic E-state index is -5.08. The van der Waals surface area contributed by atoms with Crippen molar-refractivity contribution >= 4 is 46.5 Å². The maximum absolute atomic E-state index is 12.2. The molecule has 0 aliphatic carbocycles. The second kappa shape index (κ2) is 14.3. The van der Waals surface area contributed by atoms with E-state index in [1.807, 2.05) is 15.2 Å². The van der Waals surface area contributed by atoms with Crippen molar-refractivity contribution in [2.45, 2.75) is 6.18 Å². The van der Waals surface area contributed by atoms with Gasteiger partial charge in [-0.1, -0.05) is 6.07 Å². The van der Waals surface area contributed by atoms with Gasteiger partial charge >= 0.3 is 18.1 Å². The molecule has 0 radical (unpaired) electrons. The molecular weight excluding hydrogens is 533 g/mol. The Hall–Kier alpha value is -3.69. The van der Waals surface area contributed by atoms with Crippen molar-refractivity contribution in [3.63, 3.8) is 0 Å². The van der Waals surface area contributed by atoms with Crippen LogP contribution in [0.3, 0.4) is 0 Å². The van der Waals surface area contributed by atoms with E-state index in [0.29, 0.717) is 62.1 Å². The van der Waals surface area contributed by atoms with Crippen LogP contribution < -0.4 is 15.5 Å². The lowest BCUT2D eigenvalue weighted by atomic mass is 10.1. The van der Waals surface area contributed by atoms with Crippen molar-refractivity contribution in [1.29, 1.82) is 0 Å². The molecule has 4 N–H and O–H groups in total. The highest BCUT2D eigenvalue weighted by Crippen LogP contribution is 2.26. The molecule has 0 atom stereocenters. The molecular formula is C23H27F3N4O7S. The van der Waals surface area contributed by atoms with Crippen LogP contribution in [0.25, 0.3) is 0 Å². The maximum Gasteiger partial charge on any atom is 0.490 e. The first-order valence-electron chi connectivity index (χ1n) is 11.2. The van der Waals surface area contributed by atoms with Crippen molar-refractivity contribution in [1.82, 2.24) is 10.2 Å². The number of hydrogen-bond acceptors (Lipinski definition) is 8. The standard InChI is InChI=1S/C21H26N4O5S.C2HF3O2/c1-30-11-6-22-19(26)14-24-7-9-25(10-8-24)17-5-4-15(13-16(17)21(28)29)23-20(27)18-3-2-12-31-18;3-2(4,5)1(6)7/h2-5,12-13H,6-11,14H2,1H3,(H,22,26)(H,23,27)(H,28,29);(H,6,7). The monoisotopic (exact) mass is 560 g/mol. The molecule has 2 heterocycles. The number of amides is 2. The number of ether oxygens (including phenoxy) is 1. The number of methoxy groups -OCH3 is 1. The Labute approximate surface area is 219 Å². The van der Waals surface area contributed by atoms with Crippen LogP contribution in [0, 0.1) is 0 Å². The summed E-state index contributed by atoms with van der Waals surface area (Å²) >= 11 is 1.32. The number of carbonyl (C=O) groups is 4. The number of hydrogen-bond donors (Lipinski definition) is 4. The molecule has 1 aliphatic rings. The average Bonchev–Trinajstić information content (AvgIpc) is 3.40. The van der Waals surface area contributed by atoms with Crippen LogP contribution in [0.4, 0.5) is 24.5 Å². The highest BCUT2D eigenvalue weighted by molar-refractivity contribution is 7.12. The van der Waals surface area contributed by atoms with Gasteiger partial charge in [0.2, 0.25) is 5.91 Å². The topological polar surface area (TPSA) is 149 Å². The third-order valence-corrected chi connectivity index (χ3v) is 6.05. The van der Waals surface area contributed by atoms with Gasteiger partial charge in [-0.05, 0) is 29.6 Å². The number of carbonyl (C=O) groups excluding carboxylic acids is 2. The minimum absolute atomic E-state index is 0.0532. The number of nitrogens with zero attached hydrogens (tertiary/aromatic N) is 2. The molecule has 1 aromatic heterocycles. The van der Waals surface area contributed by atoms with Gasteiger partial charge in [-0.3, -0.25) is 14.5 Å². The number of benzene rings is 1. The fourth-order valence-corrected chi connectivity index (χ4v) is 3.98. The normalized spacial score (nSPS) is 13.7. The third kappa shape index (κ3) is 9.64. The predicted octanol–water partition coefficient (Wildman–Crippen LogP) is 2.22. The maximum atomic E-state index is 12.2. The van der Waals surface area contributed by atoms with Crippen molar-refractivity contribution in [3.05, 3.63) is 46.2 Å². The Morgan fingerprint density at radius 1 is 1.08 bits per heavy atom. The quantitative estimate of drug-likeness (QED) is 0.339. The van der Waals surface area contributed by atoms with Gasteiger partial charge in [0.1, 0.15) is 0 Å². The molecule has 38 heavy (non-hydrogen) atoms. The molecule has 15 heteroatoms. The summed E-state index contributed by atoms with van der Waals surface area (Å²) in [5.74, 6) is -4.13. The largest absolute Gasteiger partial charge is 0.490 e. The second-order valence-corrected chi connectivity index (χ2v) is 8.83. The van der Waals surface area contributed by atoms with E-state index in [2.05, 4.69) is 10.6 Å². The van der Waals surface area contributed by atoms with E-state index in [1.165, 1.54) is 17.4 Å². The van der Waals surface area contributed by atoms with Crippen molar-refractivity contribution < 1.29 is 47.3 Å². The first-order valence-corrected chi connectivity index (χ1v) is 12.1. The molecule has 3 rings (SSSR count). The average molecular weight is 561 g/mol. The van der Waals surface area contributed by atoms with Gasteiger partial charge in [0.25, 0.3) is 5.91 Å². The zero-order chi connectivity index (χ0) is 28.3. The molecule has 0 spiro atoms. The molecule has 0 bridgehead atoms. The number of nitrogens with one attached hydrogen (secondary N) is 2. The molecule has 0 saturated carbocycles. The van der Waals surface area contributed by atoms with Gasteiger partial charge in [-0.2, -0.15) is 13.2 Å². The van der Waals surface area contributed by atoms with Gasteiger partial charge in [0.05, 0.1) is 29.3 Å². The van der Waals surface area contributed by atoms with Crippen molar-refractivity contribution in [3.8, 4) is 0 Å². The Morgan fingerprint density at radius 2 is 1.74 bits per heavy atom. The molecule has 1 aromatic carbocycles. The van der Waals surface area contributed by atoms with E-state index in [0.717, 1.165) is 0 Å². The SMILES string of the molecule is COCCNC(=O)CN1CCN(c2ccc(NC(=O)c3cccs3)cc2C(=O)O)CC1.O=C(O)C(F)(F)F. The fraction of sp³-hybridized carbons (Fsp3) is 0.391. The summed E-state index contributed by atoms with van der Waals surface area (Å²) < 4.78 is 36.7. The number of halogens is 3. The summed E-state index contributed by atoms with van der Waals surface area (Å²) in [4.78, 5) is 49.5. The minimum Gasteiger partial charge on any atom is -0.478 e. The number of anilines is 2. The van der Waals surface area contributed by atoms with Crippen LogP contribution in [0.15, 0.2) is 35.7 Å². The lowest BCUT2D eigenvalue weighted by Crippen LogP contribution is -2.50. The first kappa shape index (κ1) is 30.5. The molecule has 11 nitrogen and oxygen atoms in total. The highest BCUT2D eigenvalue weighted by atomic mass is 32.1. The molecule has 208 valence electrons. The number of aliphatic carboxylic acids is 1. The van der Waals surface area contributed by atoms with Gasteiger partial charge in [0, 0.05) is 45.5 Å². The van der Waals surface area contributed by atoms with E-state index in [-0.39, 0.29) is 17.4 Å². The Balaban J connectivity index is 0.000000638. The Kier molecular flexibility index (Phi) is 11.5. The lowest BCUT2D eigenvalue weighted by Gasteiger charge is -2.36. The summed E-state index contributed by atoms with van der Waals surface area (Å²) in [6.07, 6.45) is -5.08. The first-order chi connectivity index (χ1) is 17.9. The van der Waals surface area contributed by atoms with E-state index in [9.17, 15) is 32.7 Å². The molecule has 1 saturated heterocycles. The predicted molar refractivity (Wildman–Crippen MR) is 133 cm³/mol. The molecule has 1 fully saturated rings. The Bertz CT molecular complexity index is 1100. The number of carboxylic acids is 2. The molecule has 2 amide bonds. The number of piperazine rings is 1. The molecule has 2 aromatic rings. The lowest BCUT2D eigenvalue weighted by molar-refractivity contribution is -0.192. The van der Waals surface area contributed by atoms with Crippen LogP contribution in [-0.4, -0.2) is 98.0 Å². The van der Waals surface area contributed by atoms with E-state index < -0.39 is 18.1 Å². The summed E-state index contributed by atoms with van der Waals surface area (Å²) in [6.45, 7) is 3.76. The summed E-state index contributed by atoms with van der Waals surface area (Å²) in [7, 11) is 1.58. The molecule has 0 unspecified atom stereocenters. The third-order valence-electron chi connectivity index (χ3n) is 5.18.